The quantitative estimate of drug-likeness (QED) is 0.450. The lowest BCUT2D eigenvalue weighted by atomic mass is 10.1. The summed E-state index contributed by atoms with van der Waals surface area (Å²) in [7, 11) is 1.64. The molecule has 4 heterocycles. The van der Waals surface area contributed by atoms with Crippen LogP contribution in [0.5, 0.6) is 0 Å². The molecule has 1 aliphatic carbocycles. The summed E-state index contributed by atoms with van der Waals surface area (Å²) in [6, 6.07) is 5.71. The van der Waals surface area contributed by atoms with Crippen LogP contribution in [0.15, 0.2) is 53.3 Å². The summed E-state index contributed by atoms with van der Waals surface area (Å²) in [5.74, 6) is 2.07. The SMILES string of the molecule is CC1=CCCC=C1.COCc1nnc2n1Cc1c(C3=NCCO3)ncn1-c1ccc(Cl)cc1-2. The normalized spacial score (nSPS) is 15.8. The van der Waals surface area contributed by atoms with Crippen LogP contribution in [-0.2, 0) is 22.6 Å². The van der Waals surface area contributed by atoms with Gasteiger partial charge in [0.15, 0.2) is 11.6 Å². The Morgan fingerprint density at radius 3 is 2.82 bits per heavy atom. The first-order valence-electron chi connectivity index (χ1n) is 10.9. The standard InChI is InChI=1S/C17H15ClN6O2.C7H10/c1-25-8-14-21-22-16-11-6-10(18)2-3-12(11)24-9-20-15(13(24)7-23(14)16)17-19-4-5-26-17;1-7-5-3-2-4-6-7/h2-3,6,9H,4-5,7-8H2,1H3;3,5-6H,2,4H2,1H3. The number of benzene rings is 1. The van der Waals surface area contributed by atoms with Gasteiger partial charge in [0.25, 0.3) is 0 Å². The summed E-state index contributed by atoms with van der Waals surface area (Å²) in [6.45, 7) is 4.27. The summed E-state index contributed by atoms with van der Waals surface area (Å²) in [5.41, 5.74) is 4.95. The second-order valence-corrected chi connectivity index (χ2v) is 8.43. The predicted octanol–water partition coefficient (Wildman–Crippen LogP) is 4.35. The average Bonchev–Trinajstić information content (AvgIpc) is 3.55. The number of hydrogen-bond acceptors (Lipinski definition) is 6. The Bertz CT molecular complexity index is 1270. The van der Waals surface area contributed by atoms with Crippen molar-refractivity contribution >= 4 is 17.5 Å². The van der Waals surface area contributed by atoms with Gasteiger partial charge in [-0.3, -0.25) is 4.57 Å². The highest BCUT2D eigenvalue weighted by Crippen LogP contribution is 2.34. The van der Waals surface area contributed by atoms with E-state index < -0.39 is 0 Å². The van der Waals surface area contributed by atoms with E-state index in [0.29, 0.717) is 37.2 Å². The number of ether oxygens (including phenoxy) is 2. The Labute approximate surface area is 197 Å². The summed E-state index contributed by atoms with van der Waals surface area (Å²) in [4.78, 5) is 8.99. The first-order chi connectivity index (χ1) is 16.2. The van der Waals surface area contributed by atoms with Crippen molar-refractivity contribution < 1.29 is 9.47 Å². The van der Waals surface area contributed by atoms with E-state index in [1.54, 1.807) is 13.4 Å². The molecule has 2 aromatic heterocycles. The van der Waals surface area contributed by atoms with E-state index in [2.05, 4.69) is 45.3 Å². The molecule has 0 saturated heterocycles. The minimum atomic E-state index is 0.365. The monoisotopic (exact) mass is 464 g/mol. The minimum absolute atomic E-state index is 0.365. The van der Waals surface area contributed by atoms with Crippen molar-refractivity contribution in [1.82, 2.24) is 24.3 Å². The summed E-state index contributed by atoms with van der Waals surface area (Å²) >= 11 is 6.25. The van der Waals surface area contributed by atoms with E-state index in [0.717, 1.165) is 34.3 Å². The second-order valence-electron chi connectivity index (χ2n) is 7.99. The number of hydrogen-bond donors (Lipinski definition) is 0. The van der Waals surface area contributed by atoms with Crippen molar-refractivity contribution in [3.8, 4) is 17.1 Å². The Hall–Kier alpha value is -3.23. The molecule has 3 aromatic rings. The van der Waals surface area contributed by atoms with E-state index in [4.69, 9.17) is 21.1 Å². The highest BCUT2D eigenvalue weighted by molar-refractivity contribution is 6.31. The predicted molar refractivity (Wildman–Crippen MR) is 127 cm³/mol. The van der Waals surface area contributed by atoms with Gasteiger partial charge in [-0.2, -0.15) is 0 Å². The molecule has 0 saturated carbocycles. The van der Waals surface area contributed by atoms with Gasteiger partial charge in [0, 0.05) is 17.7 Å². The molecule has 0 unspecified atom stereocenters. The molecule has 0 amide bonds. The Kier molecular flexibility index (Phi) is 6.11. The van der Waals surface area contributed by atoms with Gasteiger partial charge in [-0.1, -0.05) is 35.4 Å². The van der Waals surface area contributed by atoms with Crippen molar-refractivity contribution in [2.24, 2.45) is 4.99 Å². The van der Waals surface area contributed by atoms with Crippen molar-refractivity contribution in [1.29, 1.82) is 0 Å². The minimum Gasteiger partial charge on any atom is -0.474 e. The molecule has 170 valence electrons. The molecule has 8 nitrogen and oxygen atoms in total. The summed E-state index contributed by atoms with van der Waals surface area (Å²) < 4.78 is 15.0. The van der Waals surface area contributed by atoms with E-state index in [1.165, 1.54) is 18.4 Å². The largest absolute Gasteiger partial charge is 0.474 e. The number of aliphatic imine (C=N–C) groups is 1. The molecule has 9 heteroatoms. The highest BCUT2D eigenvalue weighted by atomic mass is 35.5. The van der Waals surface area contributed by atoms with Gasteiger partial charge in [-0.05, 0) is 38.0 Å². The molecule has 0 bridgehead atoms. The third-order valence-corrected chi connectivity index (χ3v) is 5.94. The van der Waals surface area contributed by atoms with E-state index >= 15 is 0 Å². The second kappa shape index (κ2) is 9.33. The van der Waals surface area contributed by atoms with Crippen LogP contribution in [0.3, 0.4) is 0 Å². The van der Waals surface area contributed by atoms with Crippen LogP contribution in [0.25, 0.3) is 17.1 Å². The van der Waals surface area contributed by atoms with E-state index in [-0.39, 0.29) is 0 Å². The number of imidazole rings is 1. The highest BCUT2D eigenvalue weighted by Gasteiger charge is 2.28. The molecule has 0 atom stereocenters. The number of rotatable bonds is 3. The molecule has 33 heavy (non-hydrogen) atoms. The zero-order valence-corrected chi connectivity index (χ0v) is 19.4. The molecule has 0 radical (unpaired) electrons. The zero-order chi connectivity index (χ0) is 22.8. The lowest BCUT2D eigenvalue weighted by molar-refractivity contribution is 0.174. The third-order valence-electron chi connectivity index (χ3n) is 5.70. The van der Waals surface area contributed by atoms with E-state index in [9.17, 15) is 0 Å². The molecule has 0 N–H and O–H groups in total. The van der Waals surface area contributed by atoms with Gasteiger partial charge in [-0.15, -0.1) is 10.2 Å². The molecular formula is C24H25ClN6O2. The summed E-state index contributed by atoms with van der Waals surface area (Å²) in [6.07, 6.45) is 10.9. The molecule has 6 rings (SSSR count). The lowest BCUT2D eigenvalue weighted by Crippen LogP contribution is -2.12. The fourth-order valence-electron chi connectivity index (χ4n) is 4.12. The third kappa shape index (κ3) is 4.24. The Morgan fingerprint density at radius 2 is 2.12 bits per heavy atom. The fraction of sp³-hybridized carbons (Fsp3) is 0.333. The van der Waals surface area contributed by atoms with Gasteiger partial charge >= 0.3 is 0 Å². The number of allylic oxidation sites excluding steroid dienone is 4. The maximum Gasteiger partial charge on any atom is 0.237 e. The van der Waals surface area contributed by atoms with Gasteiger partial charge < -0.3 is 14.0 Å². The maximum absolute atomic E-state index is 6.25. The number of fused-ring (bicyclic) bond motifs is 5. The molecule has 2 aliphatic heterocycles. The number of methoxy groups -OCH3 is 1. The molecule has 1 aromatic carbocycles. The van der Waals surface area contributed by atoms with Crippen LogP contribution >= 0.6 is 11.6 Å². The van der Waals surface area contributed by atoms with Crippen LogP contribution in [-0.4, -0.2) is 50.5 Å². The molecule has 3 aliphatic rings. The molecule has 0 fully saturated rings. The number of halogens is 1. The molecule has 0 spiro atoms. The van der Waals surface area contributed by atoms with Gasteiger partial charge in [0.1, 0.15) is 25.2 Å². The van der Waals surface area contributed by atoms with Gasteiger partial charge in [-0.25, -0.2) is 9.98 Å². The molecular weight excluding hydrogens is 440 g/mol. The van der Waals surface area contributed by atoms with Gasteiger partial charge in [0.05, 0.1) is 24.5 Å². The fourth-order valence-corrected chi connectivity index (χ4v) is 4.29. The van der Waals surface area contributed by atoms with Crippen LogP contribution < -0.4 is 0 Å². The number of aromatic nitrogens is 5. The van der Waals surface area contributed by atoms with Crippen LogP contribution in [0.1, 0.15) is 37.0 Å². The van der Waals surface area contributed by atoms with Crippen molar-refractivity contribution in [3.63, 3.8) is 0 Å². The zero-order valence-electron chi connectivity index (χ0n) is 18.7. The van der Waals surface area contributed by atoms with Crippen LogP contribution in [0.2, 0.25) is 5.02 Å². The summed E-state index contributed by atoms with van der Waals surface area (Å²) in [5, 5.41) is 9.32. The first-order valence-corrected chi connectivity index (χ1v) is 11.3. The van der Waals surface area contributed by atoms with Crippen molar-refractivity contribution in [3.05, 3.63) is 70.6 Å². The number of nitrogens with zero attached hydrogens (tertiary/aromatic N) is 6. The van der Waals surface area contributed by atoms with Crippen LogP contribution in [0, 0.1) is 0 Å². The topological polar surface area (TPSA) is 79.3 Å². The van der Waals surface area contributed by atoms with Crippen LogP contribution in [0.4, 0.5) is 0 Å². The van der Waals surface area contributed by atoms with Crippen molar-refractivity contribution in [2.75, 3.05) is 20.3 Å². The average molecular weight is 465 g/mol. The van der Waals surface area contributed by atoms with Crippen molar-refractivity contribution in [2.45, 2.75) is 32.9 Å². The maximum atomic E-state index is 6.25. The Morgan fingerprint density at radius 1 is 1.21 bits per heavy atom. The van der Waals surface area contributed by atoms with Gasteiger partial charge in [0.2, 0.25) is 5.90 Å². The smallest absolute Gasteiger partial charge is 0.237 e. The van der Waals surface area contributed by atoms with E-state index in [1.807, 2.05) is 27.3 Å². The lowest BCUT2D eigenvalue weighted by Gasteiger charge is -2.09. The Balaban J connectivity index is 0.000000281. The first kappa shape index (κ1) is 21.6.